The SMILES string of the molecule is Cc1cc(N)ccc1-c1ccc(/C=C/C(=O)N2CCN(Cc3ccccc3)CC2)o1. The first-order chi connectivity index (χ1) is 14.6. The van der Waals surface area contributed by atoms with Gasteiger partial charge in [-0.1, -0.05) is 30.3 Å². The number of carbonyl (C=O) groups excluding carboxylic acids is 1. The van der Waals surface area contributed by atoms with Crippen LogP contribution in [0, 0.1) is 6.92 Å². The number of furan rings is 1. The van der Waals surface area contributed by atoms with Crippen LogP contribution in [0.2, 0.25) is 0 Å². The van der Waals surface area contributed by atoms with E-state index in [0.717, 1.165) is 55.3 Å². The van der Waals surface area contributed by atoms with Crippen molar-refractivity contribution in [2.45, 2.75) is 13.5 Å². The molecule has 1 aliphatic heterocycles. The number of nitrogens with two attached hydrogens (primary N) is 1. The van der Waals surface area contributed by atoms with Crippen LogP contribution >= 0.6 is 0 Å². The van der Waals surface area contributed by atoms with Gasteiger partial charge in [-0.05, 0) is 54.5 Å². The first kappa shape index (κ1) is 20.0. The first-order valence-electron chi connectivity index (χ1n) is 10.3. The van der Waals surface area contributed by atoms with Crippen LogP contribution in [0.1, 0.15) is 16.9 Å². The lowest BCUT2D eigenvalue weighted by Crippen LogP contribution is -2.47. The molecule has 0 bridgehead atoms. The lowest BCUT2D eigenvalue weighted by molar-refractivity contribution is -0.127. The fraction of sp³-hybridized carbons (Fsp3) is 0.240. The van der Waals surface area contributed by atoms with Gasteiger partial charge in [0.1, 0.15) is 11.5 Å². The van der Waals surface area contributed by atoms with Crippen LogP contribution in [0.4, 0.5) is 5.69 Å². The van der Waals surface area contributed by atoms with Crippen molar-refractivity contribution in [2.75, 3.05) is 31.9 Å². The van der Waals surface area contributed by atoms with E-state index < -0.39 is 0 Å². The number of rotatable bonds is 5. The van der Waals surface area contributed by atoms with Gasteiger partial charge in [-0.2, -0.15) is 0 Å². The number of anilines is 1. The van der Waals surface area contributed by atoms with E-state index in [-0.39, 0.29) is 5.91 Å². The molecule has 0 spiro atoms. The number of hydrogen-bond acceptors (Lipinski definition) is 4. The second-order valence-electron chi connectivity index (χ2n) is 7.70. The predicted molar refractivity (Wildman–Crippen MR) is 121 cm³/mol. The van der Waals surface area contributed by atoms with Crippen molar-refractivity contribution in [1.29, 1.82) is 0 Å². The molecule has 1 fully saturated rings. The Bertz CT molecular complexity index is 1030. The number of nitrogens with zero attached hydrogens (tertiary/aromatic N) is 2. The highest BCUT2D eigenvalue weighted by molar-refractivity contribution is 5.91. The first-order valence-corrected chi connectivity index (χ1v) is 10.3. The van der Waals surface area contributed by atoms with E-state index in [0.29, 0.717) is 5.76 Å². The number of amides is 1. The summed E-state index contributed by atoms with van der Waals surface area (Å²) in [5.41, 5.74) is 9.93. The summed E-state index contributed by atoms with van der Waals surface area (Å²) in [6, 6.07) is 20.0. The zero-order chi connectivity index (χ0) is 20.9. The van der Waals surface area contributed by atoms with E-state index in [1.165, 1.54) is 5.56 Å². The van der Waals surface area contributed by atoms with Gasteiger partial charge in [-0.3, -0.25) is 9.69 Å². The van der Waals surface area contributed by atoms with Gasteiger partial charge in [0.25, 0.3) is 0 Å². The molecule has 2 heterocycles. The van der Waals surface area contributed by atoms with Crippen molar-refractivity contribution in [1.82, 2.24) is 9.80 Å². The Balaban J connectivity index is 1.32. The Kier molecular flexibility index (Phi) is 6.00. The molecule has 1 saturated heterocycles. The lowest BCUT2D eigenvalue weighted by Gasteiger charge is -2.34. The van der Waals surface area contributed by atoms with Gasteiger partial charge in [0.15, 0.2) is 0 Å². The second kappa shape index (κ2) is 9.01. The highest BCUT2D eigenvalue weighted by Gasteiger charge is 2.19. The summed E-state index contributed by atoms with van der Waals surface area (Å²) >= 11 is 0. The Morgan fingerprint density at radius 1 is 1.03 bits per heavy atom. The molecule has 0 radical (unpaired) electrons. The van der Waals surface area contributed by atoms with Crippen LogP contribution in [0.5, 0.6) is 0 Å². The van der Waals surface area contributed by atoms with E-state index in [9.17, 15) is 4.79 Å². The molecule has 4 rings (SSSR count). The van der Waals surface area contributed by atoms with Crippen LogP contribution in [-0.2, 0) is 11.3 Å². The molecule has 0 atom stereocenters. The highest BCUT2D eigenvalue weighted by Crippen LogP contribution is 2.27. The number of carbonyl (C=O) groups is 1. The van der Waals surface area contributed by atoms with Gasteiger partial charge in [0.05, 0.1) is 0 Å². The molecule has 5 nitrogen and oxygen atoms in total. The van der Waals surface area contributed by atoms with E-state index in [1.54, 1.807) is 12.2 Å². The third kappa shape index (κ3) is 4.81. The fourth-order valence-electron chi connectivity index (χ4n) is 3.78. The van der Waals surface area contributed by atoms with Crippen molar-refractivity contribution in [3.05, 3.63) is 83.6 Å². The fourth-order valence-corrected chi connectivity index (χ4v) is 3.78. The van der Waals surface area contributed by atoms with Crippen LogP contribution in [-0.4, -0.2) is 41.9 Å². The van der Waals surface area contributed by atoms with E-state index in [4.69, 9.17) is 10.2 Å². The molecule has 0 saturated carbocycles. The maximum Gasteiger partial charge on any atom is 0.246 e. The third-order valence-corrected chi connectivity index (χ3v) is 5.47. The average molecular weight is 402 g/mol. The van der Waals surface area contributed by atoms with Crippen molar-refractivity contribution < 1.29 is 9.21 Å². The van der Waals surface area contributed by atoms with Gasteiger partial charge in [0.2, 0.25) is 5.91 Å². The van der Waals surface area contributed by atoms with Gasteiger partial charge in [0, 0.05) is 50.1 Å². The van der Waals surface area contributed by atoms with Crippen LogP contribution in [0.15, 0.2) is 71.2 Å². The Labute approximate surface area is 177 Å². The summed E-state index contributed by atoms with van der Waals surface area (Å²) in [4.78, 5) is 16.9. The van der Waals surface area contributed by atoms with Crippen molar-refractivity contribution >= 4 is 17.7 Å². The lowest BCUT2D eigenvalue weighted by atomic mass is 10.1. The van der Waals surface area contributed by atoms with E-state index in [1.807, 2.05) is 48.2 Å². The summed E-state index contributed by atoms with van der Waals surface area (Å²) in [6.07, 6.45) is 3.35. The van der Waals surface area contributed by atoms with E-state index in [2.05, 4.69) is 29.2 Å². The summed E-state index contributed by atoms with van der Waals surface area (Å²) in [6.45, 7) is 6.18. The monoisotopic (exact) mass is 401 g/mol. The van der Waals surface area contributed by atoms with Gasteiger partial charge in [-0.15, -0.1) is 0 Å². The molecule has 5 heteroatoms. The highest BCUT2D eigenvalue weighted by atomic mass is 16.3. The summed E-state index contributed by atoms with van der Waals surface area (Å²) < 4.78 is 5.90. The zero-order valence-corrected chi connectivity index (χ0v) is 17.3. The number of aryl methyl sites for hydroxylation is 1. The molecule has 0 aliphatic carbocycles. The number of benzene rings is 2. The standard InChI is InChI=1S/C25H27N3O2/c1-19-17-21(26)7-10-23(19)24-11-8-22(30-24)9-12-25(29)28-15-13-27(14-16-28)18-20-5-3-2-4-6-20/h2-12,17H,13-16,18,26H2,1H3/b12-9+. The predicted octanol–water partition coefficient (Wildman–Crippen LogP) is 4.19. The molecule has 154 valence electrons. The second-order valence-corrected chi connectivity index (χ2v) is 7.70. The largest absolute Gasteiger partial charge is 0.457 e. The van der Waals surface area contributed by atoms with Crippen LogP contribution < -0.4 is 5.73 Å². The Hall–Kier alpha value is -3.31. The summed E-state index contributed by atoms with van der Waals surface area (Å²) in [5.74, 6) is 1.46. The van der Waals surface area contributed by atoms with Gasteiger partial charge < -0.3 is 15.1 Å². The minimum atomic E-state index is 0.0241. The smallest absolute Gasteiger partial charge is 0.246 e. The molecule has 1 aromatic heterocycles. The van der Waals surface area contributed by atoms with Crippen LogP contribution in [0.25, 0.3) is 17.4 Å². The summed E-state index contributed by atoms with van der Waals surface area (Å²) in [5, 5.41) is 0. The molecular formula is C25H27N3O2. The van der Waals surface area contributed by atoms with Gasteiger partial charge in [-0.25, -0.2) is 0 Å². The molecule has 2 N–H and O–H groups in total. The zero-order valence-electron chi connectivity index (χ0n) is 17.3. The third-order valence-electron chi connectivity index (χ3n) is 5.47. The molecule has 30 heavy (non-hydrogen) atoms. The summed E-state index contributed by atoms with van der Waals surface area (Å²) in [7, 11) is 0. The molecule has 1 aliphatic rings. The normalized spacial score (nSPS) is 15.0. The average Bonchev–Trinajstić information content (AvgIpc) is 3.22. The van der Waals surface area contributed by atoms with Crippen molar-refractivity contribution in [3.8, 4) is 11.3 Å². The number of hydrogen-bond donors (Lipinski definition) is 1. The molecular weight excluding hydrogens is 374 g/mol. The Morgan fingerprint density at radius 2 is 1.80 bits per heavy atom. The maximum absolute atomic E-state index is 12.6. The van der Waals surface area contributed by atoms with Crippen LogP contribution in [0.3, 0.4) is 0 Å². The number of piperazine rings is 1. The molecule has 3 aromatic rings. The van der Waals surface area contributed by atoms with E-state index >= 15 is 0 Å². The van der Waals surface area contributed by atoms with Crippen molar-refractivity contribution in [2.24, 2.45) is 0 Å². The minimum absolute atomic E-state index is 0.0241. The molecule has 0 unspecified atom stereocenters. The topological polar surface area (TPSA) is 62.7 Å². The quantitative estimate of drug-likeness (QED) is 0.514. The Morgan fingerprint density at radius 3 is 2.53 bits per heavy atom. The minimum Gasteiger partial charge on any atom is -0.457 e. The molecule has 2 aromatic carbocycles. The molecule has 1 amide bonds. The van der Waals surface area contributed by atoms with Gasteiger partial charge >= 0.3 is 0 Å². The number of nitrogen functional groups attached to an aromatic ring is 1. The maximum atomic E-state index is 12.6. The van der Waals surface area contributed by atoms with Crippen molar-refractivity contribution in [3.63, 3.8) is 0 Å².